The second kappa shape index (κ2) is 5.37. The molecule has 0 saturated carbocycles. The minimum absolute atomic E-state index is 0.0683. The molecule has 0 radical (unpaired) electrons. The Balaban J connectivity index is 2.19. The molecule has 3 aromatic rings. The Bertz CT molecular complexity index is 906. The average Bonchev–Trinajstić information content (AvgIpc) is 2.53. The van der Waals surface area contributed by atoms with Gasteiger partial charge in [-0.3, -0.25) is 4.79 Å². The number of phenols is 1. The molecule has 1 aromatic heterocycles. The zero-order valence-corrected chi connectivity index (χ0v) is 11.7. The van der Waals surface area contributed by atoms with Crippen LogP contribution in [-0.2, 0) is 0 Å². The van der Waals surface area contributed by atoms with Crippen LogP contribution in [-0.4, -0.2) is 18.0 Å². The van der Waals surface area contributed by atoms with E-state index in [-0.39, 0.29) is 22.7 Å². The summed E-state index contributed by atoms with van der Waals surface area (Å²) in [5, 5.41) is 9.82. The van der Waals surface area contributed by atoms with E-state index in [1.165, 1.54) is 37.4 Å². The van der Waals surface area contributed by atoms with Gasteiger partial charge in [-0.15, -0.1) is 0 Å². The molecule has 0 saturated heterocycles. The second-order valence-corrected chi connectivity index (χ2v) is 4.72. The van der Waals surface area contributed by atoms with Gasteiger partial charge in [0.1, 0.15) is 17.1 Å². The van der Waals surface area contributed by atoms with E-state index in [0.29, 0.717) is 16.7 Å². The van der Waals surface area contributed by atoms with Crippen LogP contribution in [0, 0.1) is 0 Å². The van der Waals surface area contributed by atoms with Gasteiger partial charge in [-0.25, -0.2) is 4.79 Å². The smallest absolute Gasteiger partial charge is 0.336 e. The summed E-state index contributed by atoms with van der Waals surface area (Å²) in [7, 11) is 1.50. The summed E-state index contributed by atoms with van der Waals surface area (Å²) in [6.45, 7) is 0. The third kappa shape index (κ3) is 2.44. The van der Waals surface area contributed by atoms with Gasteiger partial charge in [0.2, 0.25) is 0 Å². The maximum Gasteiger partial charge on any atom is 0.336 e. The van der Waals surface area contributed by atoms with Crippen molar-refractivity contribution in [2.24, 2.45) is 0 Å². The molecule has 0 spiro atoms. The number of ketones is 1. The van der Waals surface area contributed by atoms with Gasteiger partial charge in [0.05, 0.1) is 7.11 Å². The zero-order valence-electron chi connectivity index (χ0n) is 11.7. The molecule has 0 aliphatic carbocycles. The number of fused-ring (bicyclic) bond motifs is 1. The van der Waals surface area contributed by atoms with Gasteiger partial charge in [0.15, 0.2) is 5.78 Å². The number of aromatic hydroxyl groups is 1. The molecule has 5 heteroatoms. The molecule has 110 valence electrons. The van der Waals surface area contributed by atoms with Crippen molar-refractivity contribution in [1.82, 2.24) is 0 Å². The Morgan fingerprint density at radius 1 is 1.09 bits per heavy atom. The van der Waals surface area contributed by atoms with E-state index in [4.69, 9.17) is 9.15 Å². The minimum atomic E-state index is -0.608. The first kappa shape index (κ1) is 13.9. The monoisotopic (exact) mass is 296 g/mol. The molecular formula is C17H12O5. The minimum Gasteiger partial charge on any atom is -0.508 e. The van der Waals surface area contributed by atoms with Gasteiger partial charge in [0, 0.05) is 28.6 Å². The predicted octanol–water partition coefficient (Wildman–Crippen LogP) is 2.74. The molecular weight excluding hydrogens is 284 g/mol. The summed E-state index contributed by atoms with van der Waals surface area (Å²) in [6.07, 6.45) is 0. The molecule has 1 N–H and O–H groups in total. The van der Waals surface area contributed by atoms with Crippen molar-refractivity contribution in [3.05, 3.63) is 70.1 Å². The molecule has 22 heavy (non-hydrogen) atoms. The lowest BCUT2D eigenvalue weighted by molar-refractivity contribution is 0.103. The van der Waals surface area contributed by atoms with E-state index >= 15 is 0 Å². The highest BCUT2D eigenvalue weighted by Gasteiger charge is 2.15. The quantitative estimate of drug-likeness (QED) is 0.594. The van der Waals surface area contributed by atoms with Crippen molar-refractivity contribution >= 4 is 16.8 Å². The molecule has 0 aliphatic heterocycles. The Kier molecular flexibility index (Phi) is 3.39. The van der Waals surface area contributed by atoms with Crippen LogP contribution in [0.1, 0.15) is 15.9 Å². The first-order valence-corrected chi connectivity index (χ1v) is 6.54. The molecule has 0 atom stereocenters. The van der Waals surface area contributed by atoms with Crippen molar-refractivity contribution in [3.8, 4) is 11.5 Å². The van der Waals surface area contributed by atoms with Crippen LogP contribution in [0.15, 0.2) is 57.7 Å². The Morgan fingerprint density at radius 3 is 2.50 bits per heavy atom. The Morgan fingerprint density at radius 2 is 1.82 bits per heavy atom. The molecule has 0 amide bonds. The van der Waals surface area contributed by atoms with Crippen molar-refractivity contribution in [1.29, 1.82) is 0 Å². The molecule has 0 fully saturated rings. The van der Waals surface area contributed by atoms with Crippen molar-refractivity contribution in [2.45, 2.75) is 0 Å². The molecule has 3 rings (SSSR count). The van der Waals surface area contributed by atoms with Gasteiger partial charge in [-0.2, -0.15) is 0 Å². The van der Waals surface area contributed by atoms with Crippen LogP contribution in [0.5, 0.6) is 11.5 Å². The van der Waals surface area contributed by atoms with Crippen LogP contribution in [0.3, 0.4) is 0 Å². The van der Waals surface area contributed by atoms with Gasteiger partial charge >= 0.3 is 5.63 Å². The van der Waals surface area contributed by atoms with E-state index < -0.39 is 5.63 Å². The Hall–Kier alpha value is -3.08. The number of ether oxygens (including phenoxy) is 1. The van der Waals surface area contributed by atoms with Crippen LogP contribution in [0.25, 0.3) is 11.0 Å². The fourth-order valence-corrected chi connectivity index (χ4v) is 2.23. The van der Waals surface area contributed by atoms with Gasteiger partial charge in [0.25, 0.3) is 0 Å². The SMILES string of the molecule is COc1ccc2c(C(=O)c3ccc(O)cc3)cc(=O)oc2c1. The normalized spacial score (nSPS) is 10.6. The number of benzene rings is 2. The summed E-state index contributed by atoms with van der Waals surface area (Å²) in [4.78, 5) is 24.3. The third-order valence-corrected chi connectivity index (χ3v) is 3.33. The summed E-state index contributed by atoms with van der Waals surface area (Å²) in [5.74, 6) is 0.284. The summed E-state index contributed by atoms with van der Waals surface area (Å²) >= 11 is 0. The molecule has 5 nitrogen and oxygen atoms in total. The number of rotatable bonds is 3. The van der Waals surface area contributed by atoms with Crippen LogP contribution in [0.2, 0.25) is 0 Å². The van der Waals surface area contributed by atoms with Gasteiger partial charge in [-0.05, 0) is 36.4 Å². The highest BCUT2D eigenvalue weighted by molar-refractivity contribution is 6.15. The van der Waals surface area contributed by atoms with Gasteiger partial charge < -0.3 is 14.3 Å². The number of carbonyl (C=O) groups is 1. The number of carbonyl (C=O) groups excluding carboxylic acids is 1. The second-order valence-electron chi connectivity index (χ2n) is 4.72. The number of phenolic OH excluding ortho intramolecular Hbond substituents is 1. The lowest BCUT2D eigenvalue weighted by Gasteiger charge is -2.06. The lowest BCUT2D eigenvalue weighted by atomic mass is 10.0. The summed E-state index contributed by atoms with van der Waals surface area (Å²) in [5.41, 5.74) is 0.303. The molecule has 0 unspecified atom stereocenters. The topological polar surface area (TPSA) is 76.7 Å². The lowest BCUT2D eigenvalue weighted by Crippen LogP contribution is -2.08. The fraction of sp³-hybridized carbons (Fsp3) is 0.0588. The van der Waals surface area contributed by atoms with E-state index in [9.17, 15) is 14.7 Å². The van der Waals surface area contributed by atoms with E-state index in [2.05, 4.69) is 0 Å². The highest BCUT2D eigenvalue weighted by atomic mass is 16.5. The molecule has 0 aliphatic rings. The molecule has 1 heterocycles. The Labute approximate surface area is 125 Å². The van der Waals surface area contributed by atoms with E-state index in [1.807, 2.05) is 0 Å². The maximum absolute atomic E-state index is 12.6. The maximum atomic E-state index is 12.6. The van der Waals surface area contributed by atoms with Crippen molar-refractivity contribution in [2.75, 3.05) is 7.11 Å². The predicted molar refractivity (Wildman–Crippen MR) is 80.6 cm³/mol. The zero-order chi connectivity index (χ0) is 15.7. The van der Waals surface area contributed by atoms with Crippen molar-refractivity contribution < 1.29 is 19.1 Å². The van der Waals surface area contributed by atoms with E-state index in [1.54, 1.807) is 18.2 Å². The van der Waals surface area contributed by atoms with Crippen molar-refractivity contribution in [3.63, 3.8) is 0 Å². The number of hydrogen-bond acceptors (Lipinski definition) is 5. The van der Waals surface area contributed by atoms with Gasteiger partial charge in [-0.1, -0.05) is 0 Å². The average molecular weight is 296 g/mol. The van der Waals surface area contributed by atoms with Crippen LogP contribution < -0.4 is 10.4 Å². The first-order valence-electron chi connectivity index (χ1n) is 6.54. The largest absolute Gasteiger partial charge is 0.508 e. The summed E-state index contributed by atoms with van der Waals surface area (Å²) < 4.78 is 10.2. The third-order valence-electron chi connectivity index (χ3n) is 3.33. The number of methoxy groups -OCH3 is 1. The van der Waals surface area contributed by atoms with E-state index in [0.717, 1.165) is 0 Å². The van der Waals surface area contributed by atoms with Crippen LogP contribution >= 0.6 is 0 Å². The molecule has 2 aromatic carbocycles. The fourth-order valence-electron chi connectivity index (χ4n) is 2.23. The standard InChI is InChI=1S/C17H12O5/c1-21-12-6-7-13-14(9-16(19)22-15(13)8-12)17(20)10-2-4-11(18)5-3-10/h2-9,18H,1H3. The first-order chi connectivity index (χ1) is 10.6. The number of hydrogen-bond donors (Lipinski definition) is 1. The summed E-state index contributed by atoms with van der Waals surface area (Å²) in [6, 6.07) is 11.9. The van der Waals surface area contributed by atoms with Crippen LogP contribution in [0.4, 0.5) is 0 Å². The highest BCUT2D eigenvalue weighted by Crippen LogP contribution is 2.24. The molecule has 0 bridgehead atoms.